The first kappa shape index (κ1) is 15.9. The lowest BCUT2D eigenvalue weighted by atomic mass is 10.3. The van der Waals surface area contributed by atoms with Gasteiger partial charge in [0, 0.05) is 4.90 Å². The number of halogens is 1. The lowest BCUT2D eigenvalue weighted by molar-refractivity contribution is 0.415. The molecule has 0 unspecified atom stereocenters. The molecule has 0 heterocycles. The number of rotatable bonds is 5. The van der Waals surface area contributed by atoms with Gasteiger partial charge in [-0.25, -0.2) is 9.38 Å². The minimum Gasteiger partial charge on any atom is -0.497 e. The Bertz CT molecular complexity index is 597. The Hall–Kier alpha value is -1.46. The Labute approximate surface area is 132 Å². The third kappa shape index (κ3) is 5.10. The molecule has 0 saturated carbocycles. The van der Waals surface area contributed by atoms with Gasteiger partial charge in [-0.2, -0.15) is 0 Å². The summed E-state index contributed by atoms with van der Waals surface area (Å²) in [5, 5.41) is 1.02. The van der Waals surface area contributed by atoms with Gasteiger partial charge in [0.1, 0.15) is 11.6 Å². The number of nitrogens with zero attached hydrogens (tertiary/aromatic N) is 1. The summed E-state index contributed by atoms with van der Waals surface area (Å²) in [5.74, 6) is 0.604. The second-order valence-corrected chi connectivity index (χ2v) is 6.45. The third-order valence-corrected chi connectivity index (χ3v) is 5.20. The molecular weight excluding hydrogens is 305 g/mol. The summed E-state index contributed by atoms with van der Waals surface area (Å²) in [6, 6.07) is 14.1. The molecular formula is C16H16FNOS2. The van der Waals surface area contributed by atoms with Crippen LogP contribution in [0.5, 0.6) is 5.75 Å². The van der Waals surface area contributed by atoms with Crippen molar-refractivity contribution in [3.63, 3.8) is 0 Å². The van der Waals surface area contributed by atoms with Crippen LogP contribution in [0.4, 0.5) is 10.1 Å². The summed E-state index contributed by atoms with van der Waals surface area (Å²) in [4.78, 5) is 5.63. The van der Waals surface area contributed by atoms with Crippen LogP contribution in [0.2, 0.25) is 0 Å². The van der Waals surface area contributed by atoms with Gasteiger partial charge in [-0.3, -0.25) is 0 Å². The maximum absolute atomic E-state index is 12.9. The molecule has 0 aliphatic heterocycles. The molecule has 0 aliphatic carbocycles. The minimum absolute atomic E-state index is 0.216. The van der Waals surface area contributed by atoms with E-state index in [1.807, 2.05) is 24.3 Å². The van der Waals surface area contributed by atoms with E-state index in [1.165, 1.54) is 12.1 Å². The fourth-order valence-electron chi connectivity index (χ4n) is 1.54. The fourth-order valence-corrected chi connectivity index (χ4v) is 3.62. The minimum atomic E-state index is -0.216. The quantitative estimate of drug-likeness (QED) is 0.399. The average molecular weight is 321 g/mol. The summed E-state index contributed by atoms with van der Waals surface area (Å²) >= 11 is 0. The predicted octanol–water partition coefficient (Wildman–Crippen LogP) is 5.71. The molecule has 2 nitrogen and oxygen atoms in total. The summed E-state index contributed by atoms with van der Waals surface area (Å²) in [5.41, 5.74) is 0.903. The standard InChI is InChI=1S/C16H16FNOS2/c1-3-16(18-13-6-8-14(19-2)9-7-13)21-20-15-10-4-12(17)5-11-15/h4-11H,3H2,1-2H3. The highest BCUT2D eigenvalue weighted by atomic mass is 33.1. The molecule has 2 rings (SSSR count). The Balaban J connectivity index is 2.01. The van der Waals surface area contributed by atoms with Gasteiger partial charge in [-0.15, -0.1) is 0 Å². The number of hydrogen-bond donors (Lipinski definition) is 0. The van der Waals surface area contributed by atoms with Crippen LogP contribution in [0.1, 0.15) is 13.3 Å². The van der Waals surface area contributed by atoms with Gasteiger partial charge in [-0.05, 0) is 65.7 Å². The first-order chi connectivity index (χ1) is 10.2. The molecule has 0 aromatic heterocycles. The van der Waals surface area contributed by atoms with E-state index >= 15 is 0 Å². The van der Waals surface area contributed by atoms with Crippen molar-refractivity contribution in [1.29, 1.82) is 0 Å². The smallest absolute Gasteiger partial charge is 0.123 e. The Morgan fingerprint density at radius 3 is 2.33 bits per heavy atom. The molecule has 21 heavy (non-hydrogen) atoms. The summed E-state index contributed by atoms with van der Waals surface area (Å²) in [6.07, 6.45) is 0.852. The Kier molecular flexibility index (Phi) is 6.14. The van der Waals surface area contributed by atoms with Crippen LogP contribution in [0.25, 0.3) is 0 Å². The average Bonchev–Trinajstić information content (AvgIpc) is 2.53. The van der Waals surface area contributed by atoms with Crippen molar-refractivity contribution < 1.29 is 9.13 Å². The van der Waals surface area contributed by atoms with E-state index < -0.39 is 0 Å². The molecule has 0 bridgehead atoms. The van der Waals surface area contributed by atoms with Crippen LogP contribution in [0, 0.1) is 5.82 Å². The highest BCUT2D eigenvalue weighted by Crippen LogP contribution is 2.34. The van der Waals surface area contributed by atoms with Crippen LogP contribution in [0.3, 0.4) is 0 Å². The van der Waals surface area contributed by atoms with Gasteiger partial charge < -0.3 is 4.74 Å². The molecule has 0 aliphatic rings. The summed E-state index contributed by atoms with van der Waals surface area (Å²) in [7, 11) is 4.83. The fraction of sp³-hybridized carbons (Fsp3) is 0.188. The van der Waals surface area contributed by atoms with Crippen LogP contribution in [0.15, 0.2) is 58.4 Å². The first-order valence-corrected chi connectivity index (χ1v) is 8.68. The molecule has 0 amide bonds. The van der Waals surface area contributed by atoms with Crippen molar-refractivity contribution >= 4 is 32.3 Å². The van der Waals surface area contributed by atoms with Crippen molar-refractivity contribution in [2.75, 3.05) is 7.11 Å². The molecule has 0 saturated heterocycles. The maximum Gasteiger partial charge on any atom is 0.123 e. The number of methoxy groups -OCH3 is 1. The Morgan fingerprint density at radius 1 is 1.10 bits per heavy atom. The molecule has 2 aromatic rings. The van der Waals surface area contributed by atoms with E-state index in [0.717, 1.165) is 27.8 Å². The topological polar surface area (TPSA) is 21.6 Å². The molecule has 5 heteroatoms. The van der Waals surface area contributed by atoms with Gasteiger partial charge >= 0.3 is 0 Å². The molecule has 0 fully saturated rings. The van der Waals surface area contributed by atoms with Crippen molar-refractivity contribution in [3.8, 4) is 5.75 Å². The predicted molar refractivity (Wildman–Crippen MR) is 90.2 cm³/mol. The Morgan fingerprint density at radius 2 is 1.76 bits per heavy atom. The van der Waals surface area contributed by atoms with Crippen LogP contribution in [-0.2, 0) is 0 Å². The number of benzene rings is 2. The first-order valence-electron chi connectivity index (χ1n) is 6.53. The van der Waals surface area contributed by atoms with Gasteiger partial charge in [-0.1, -0.05) is 17.7 Å². The third-order valence-electron chi connectivity index (χ3n) is 2.68. The summed E-state index contributed by atoms with van der Waals surface area (Å²) in [6.45, 7) is 2.07. The molecule has 0 spiro atoms. The molecule has 0 N–H and O–H groups in total. The molecule has 0 radical (unpaired) electrons. The highest BCUT2D eigenvalue weighted by Gasteiger charge is 2.02. The van der Waals surface area contributed by atoms with Crippen LogP contribution >= 0.6 is 21.6 Å². The van der Waals surface area contributed by atoms with Gasteiger partial charge in [0.25, 0.3) is 0 Å². The van der Waals surface area contributed by atoms with E-state index in [9.17, 15) is 4.39 Å². The molecule has 2 aromatic carbocycles. The van der Waals surface area contributed by atoms with Crippen LogP contribution in [-0.4, -0.2) is 12.2 Å². The van der Waals surface area contributed by atoms with E-state index in [1.54, 1.807) is 40.8 Å². The zero-order chi connectivity index (χ0) is 15.1. The zero-order valence-electron chi connectivity index (χ0n) is 11.9. The van der Waals surface area contributed by atoms with Crippen molar-refractivity contribution in [3.05, 3.63) is 54.3 Å². The monoisotopic (exact) mass is 321 g/mol. The van der Waals surface area contributed by atoms with Gasteiger partial charge in [0.15, 0.2) is 0 Å². The number of ether oxygens (including phenoxy) is 1. The second kappa shape index (κ2) is 8.10. The molecule has 110 valence electrons. The zero-order valence-corrected chi connectivity index (χ0v) is 13.5. The number of hydrogen-bond acceptors (Lipinski definition) is 4. The molecule has 0 atom stereocenters. The van der Waals surface area contributed by atoms with Crippen molar-refractivity contribution in [2.24, 2.45) is 4.99 Å². The maximum atomic E-state index is 12.9. The van der Waals surface area contributed by atoms with E-state index in [-0.39, 0.29) is 5.82 Å². The normalized spacial score (nSPS) is 11.5. The SMILES string of the molecule is CCC(=Nc1ccc(OC)cc1)SSc1ccc(F)cc1. The van der Waals surface area contributed by atoms with Gasteiger partial charge in [0.05, 0.1) is 17.8 Å². The van der Waals surface area contributed by atoms with Gasteiger partial charge in [0.2, 0.25) is 0 Å². The second-order valence-electron chi connectivity index (χ2n) is 4.18. The van der Waals surface area contributed by atoms with Crippen molar-refractivity contribution in [2.45, 2.75) is 18.2 Å². The summed E-state index contributed by atoms with van der Waals surface area (Å²) < 4.78 is 18.0. The highest BCUT2D eigenvalue weighted by molar-refractivity contribution is 8.82. The lowest BCUT2D eigenvalue weighted by Gasteiger charge is -2.04. The van der Waals surface area contributed by atoms with Crippen molar-refractivity contribution in [1.82, 2.24) is 0 Å². The van der Waals surface area contributed by atoms with Crippen LogP contribution < -0.4 is 4.74 Å². The van der Waals surface area contributed by atoms with E-state index in [0.29, 0.717) is 0 Å². The van der Waals surface area contributed by atoms with E-state index in [4.69, 9.17) is 4.74 Å². The number of aliphatic imine (C=N–C) groups is 1. The van der Waals surface area contributed by atoms with E-state index in [2.05, 4.69) is 11.9 Å². The lowest BCUT2D eigenvalue weighted by Crippen LogP contribution is -1.86. The largest absolute Gasteiger partial charge is 0.497 e.